The number of ether oxygens (including phenoxy) is 1. The molecule has 0 aromatic heterocycles. The van der Waals surface area contributed by atoms with Crippen molar-refractivity contribution in [2.75, 3.05) is 12.4 Å². The second-order valence-corrected chi connectivity index (χ2v) is 6.90. The summed E-state index contributed by atoms with van der Waals surface area (Å²) in [6.45, 7) is 0. The molecule has 31 heavy (non-hydrogen) atoms. The Bertz CT molecular complexity index is 1030. The Labute approximate surface area is 181 Å². The number of carbonyl (C=O) groups is 2. The lowest BCUT2D eigenvalue weighted by atomic mass is 10.1. The van der Waals surface area contributed by atoms with Crippen molar-refractivity contribution >= 4 is 17.7 Å². The molecule has 3 rings (SSSR count). The molecule has 0 saturated heterocycles. The minimum Gasteiger partial charge on any atom is -0.497 e. The van der Waals surface area contributed by atoms with E-state index >= 15 is 0 Å². The van der Waals surface area contributed by atoms with Crippen molar-refractivity contribution < 1.29 is 19.4 Å². The molecule has 158 valence electrons. The summed E-state index contributed by atoms with van der Waals surface area (Å²) in [7, 11) is 1.59. The quantitative estimate of drug-likeness (QED) is 0.463. The topological polar surface area (TPSA) is 87.7 Å². The molecule has 3 aromatic carbocycles. The lowest BCUT2D eigenvalue weighted by Crippen LogP contribution is -2.38. The monoisotopic (exact) mass is 416 g/mol. The van der Waals surface area contributed by atoms with E-state index in [9.17, 15) is 9.59 Å². The highest BCUT2D eigenvalue weighted by molar-refractivity contribution is 5.90. The molecule has 0 spiro atoms. The largest absolute Gasteiger partial charge is 0.497 e. The van der Waals surface area contributed by atoms with Gasteiger partial charge in [-0.25, -0.2) is 9.59 Å². The van der Waals surface area contributed by atoms with E-state index in [2.05, 4.69) is 10.6 Å². The number of aliphatic carboxylic acids is 1. The maximum atomic E-state index is 12.5. The minimum atomic E-state index is -1.07. The first-order valence-corrected chi connectivity index (χ1v) is 9.80. The molecule has 0 radical (unpaired) electrons. The number of hydrogen-bond donors (Lipinski definition) is 3. The number of methoxy groups -OCH3 is 1. The number of urea groups is 1. The highest BCUT2D eigenvalue weighted by Crippen LogP contribution is 2.21. The molecule has 0 heterocycles. The predicted molar refractivity (Wildman–Crippen MR) is 121 cm³/mol. The van der Waals surface area contributed by atoms with Gasteiger partial charge in [-0.2, -0.15) is 0 Å². The van der Waals surface area contributed by atoms with Crippen molar-refractivity contribution in [3.05, 3.63) is 96.6 Å². The van der Waals surface area contributed by atoms with E-state index in [1.165, 1.54) is 6.08 Å². The van der Waals surface area contributed by atoms with Gasteiger partial charge in [0.05, 0.1) is 13.2 Å². The Morgan fingerprint density at radius 3 is 2.19 bits per heavy atom. The molecule has 2 amide bonds. The molecule has 0 bridgehead atoms. The molecule has 0 fully saturated rings. The first-order valence-electron chi connectivity index (χ1n) is 9.80. The lowest BCUT2D eigenvalue weighted by Gasteiger charge is -2.16. The van der Waals surface area contributed by atoms with Gasteiger partial charge in [0.2, 0.25) is 0 Å². The molecule has 0 aliphatic heterocycles. The van der Waals surface area contributed by atoms with Crippen LogP contribution in [0.2, 0.25) is 0 Å². The number of carboxylic acids is 1. The summed E-state index contributed by atoms with van der Waals surface area (Å²) in [6, 6.07) is 24.0. The van der Waals surface area contributed by atoms with Gasteiger partial charge in [0, 0.05) is 11.8 Å². The van der Waals surface area contributed by atoms with Crippen LogP contribution in [0.15, 0.2) is 91.0 Å². The third kappa shape index (κ3) is 6.75. The summed E-state index contributed by atoms with van der Waals surface area (Å²) in [4.78, 5) is 23.4. The minimum absolute atomic E-state index is 0.416. The van der Waals surface area contributed by atoms with Gasteiger partial charge in [0.1, 0.15) is 5.75 Å². The number of anilines is 1. The van der Waals surface area contributed by atoms with Crippen molar-refractivity contribution in [2.24, 2.45) is 0 Å². The van der Waals surface area contributed by atoms with Crippen molar-refractivity contribution in [3.8, 4) is 16.9 Å². The lowest BCUT2D eigenvalue weighted by molar-refractivity contribution is -0.131. The SMILES string of the molecule is COc1ccc(C[C@@H](/C=C/C(=O)O)NC(=O)Nc2ccc(-c3ccccc3)cc2)cc1. The van der Waals surface area contributed by atoms with Gasteiger partial charge in [0.25, 0.3) is 0 Å². The zero-order valence-electron chi connectivity index (χ0n) is 17.1. The van der Waals surface area contributed by atoms with E-state index in [-0.39, 0.29) is 0 Å². The fraction of sp³-hybridized carbons (Fsp3) is 0.120. The molecule has 6 heteroatoms. The van der Waals surface area contributed by atoms with Crippen LogP contribution in [0.1, 0.15) is 5.56 Å². The van der Waals surface area contributed by atoms with E-state index in [0.29, 0.717) is 12.1 Å². The smallest absolute Gasteiger partial charge is 0.328 e. The van der Waals surface area contributed by atoms with Crippen molar-refractivity contribution in [1.29, 1.82) is 0 Å². The fourth-order valence-corrected chi connectivity index (χ4v) is 3.09. The second-order valence-electron chi connectivity index (χ2n) is 6.90. The maximum Gasteiger partial charge on any atom is 0.328 e. The number of hydrogen-bond acceptors (Lipinski definition) is 3. The first kappa shape index (κ1) is 21.6. The fourth-order valence-electron chi connectivity index (χ4n) is 3.09. The van der Waals surface area contributed by atoms with Crippen LogP contribution in [0.25, 0.3) is 11.1 Å². The Kier molecular flexibility index (Phi) is 7.43. The van der Waals surface area contributed by atoms with Gasteiger partial charge >= 0.3 is 12.0 Å². The zero-order valence-corrected chi connectivity index (χ0v) is 17.1. The molecule has 0 aliphatic carbocycles. The predicted octanol–water partition coefficient (Wildman–Crippen LogP) is 4.74. The molecular formula is C25H24N2O4. The van der Waals surface area contributed by atoms with Crippen LogP contribution < -0.4 is 15.4 Å². The molecule has 0 aliphatic rings. The highest BCUT2D eigenvalue weighted by Gasteiger charge is 2.12. The number of nitrogens with one attached hydrogen (secondary N) is 2. The average Bonchev–Trinajstić information content (AvgIpc) is 2.79. The van der Waals surface area contributed by atoms with E-state index in [0.717, 1.165) is 28.5 Å². The van der Waals surface area contributed by atoms with Crippen LogP contribution in [0.4, 0.5) is 10.5 Å². The Balaban J connectivity index is 1.64. The van der Waals surface area contributed by atoms with Crippen LogP contribution in [0.5, 0.6) is 5.75 Å². The van der Waals surface area contributed by atoms with Gasteiger partial charge in [0.15, 0.2) is 0 Å². The third-order valence-corrected chi connectivity index (χ3v) is 4.65. The third-order valence-electron chi connectivity index (χ3n) is 4.65. The van der Waals surface area contributed by atoms with Gasteiger partial charge < -0.3 is 20.5 Å². The standard InChI is InChI=1S/C25H24N2O4/c1-31-23-14-7-18(8-15-23)17-22(13-16-24(28)29)27-25(30)26-21-11-9-20(10-12-21)19-5-3-2-4-6-19/h2-16,22H,17H2,1H3,(H,28,29)(H2,26,27,30)/b16-13+/t22-/m1/s1. The normalized spacial score (nSPS) is 11.6. The first-order chi connectivity index (χ1) is 15.0. The number of carboxylic acid groups (broad SMARTS) is 1. The van der Waals surface area contributed by atoms with Crippen LogP contribution in [0.3, 0.4) is 0 Å². The summed E-state index contributed by atoms with van der Waals surface area (Å²) in [5, 5.41) is 14.6. The van der Waals surface area contributed by atoms with Crippen LogP contribution in [0, 0.1) is 0 Å². The van der Waals surface area contributed by atoms with Gasteiger partial charge in [-0.05, 0) is 47.4 Å². The van der Waals surface area contributed by atoms with Gasteiger partial charge in [-0.1, -0.05) is 60.7 Å². The number of carbonyl (C=O) groups excluding carboxylic acids is 1. The molecule has 3 aromatic rings. The van der Waals surface area contributed by atoms with E-state index < -0.39 is 18.0 Å². The molecule has 3 N–H and O–H groups in total. The van der Waals surface area contributed by atoms with Gasteiger partial charge in [-0.3, -0.25) is 0 Å². The number of rotatable bonds is 8. The zero-order chi connectivity index (χ0) is 22.1. The Morgan fingerprint density at radius 1 is 0.935 bits per heavy atom. The summed E-state index contributed by atoms with van der Waals surface area (Å²) in [6.07, 6.45) is 2.93. The summed E-state index contributed by atoms with van der Waals surface area (Å²) < 4.78 is 5.15. The summed E-state index contributed by atoms with van der Waals surface area (Å²) in [5.74, 6) is -0.343. The average molecular weight is 416 g/mol. The van der Waals surface area contributed by atoms with E-state index in [1.807, 2.05) is 78.9 Å². The highest BCUT2D eigenvalue weighted by atomic mass is 16.5. The van der Waals surface area contributed by atoms with Crippen molar-refractivity contribution in [1.82, 2.24) is 5.32 Å². The van der Waals surface area contributed by atoms with Crippen LogP contribution in [-0.2, 0) is 11.2 Å². The number of benzene rings is 3. The van der Waals surface area contributed by atoms with Gasteiger partial charge in [-0.15, -0.1) is 0 Å². The molecule has 6 nitrogen and oxygen atoms in total. The van der Waals surface area contributed by atoms with Crippen LogP contribution >= 0.6 is 0 Å². The molecule has 0 unspecified atom stereocenters. The van der Waals surface area contributed by atoms with Crippen molar-refractivity contribution in [3.63, 3.8) is 0 Å². The number of amides is 2. The molecular weight excluding hydrogens is 392 g/mol. The summed E-state index contributed by atoms with van der Waals surface area (Å²) >= 11 is 0. The van der Waals surface area contributed by atoms with Crippen molar-refractivity contribution in [2.45, 2.75) is 12.5 Å². The summed E-state index contributed by atoms with van der Waals surface area (Å²) in [5.41, 5.74) is 3.72. The van der Waals surface area contributed by atoms with E-state index in [4.69, 9.17) is 9.84 Å². The maximum absolute atomic E-state index is 12.5. The van der Waals surface area contributed by atoms with E-state index in [1.54, 1.807) is 7.11 Å². The van der Waals surface area contributed by atoms with Crippen LogP contribution in [-0.4, -0.2) is 30.3 Å². The Morgan fingerprint density at radius 2 is 1.58 bits per heavy atom. The Hall–Kier alpha value is -4.06. The molecule has 0 saturated carbocycles. The second kappa shape index (κ2) is 10.6. The molecule has 1 atom stereocenters.